The number of nitrogens with zero attached hydrogens (tertiary/aromatic N) is 6. The van der Waals surface area contributed by atoms with Gasteiger partial charge in [0.2, 0.25) is 11.5 Å². The van der Waals surface area contributed by atoms with Crippen LogP contribution in [0.1, 0.15) is 16.3 Å². The van der Waals surface area contributed by atoms with Gasteiger partial charge in [0.1, 0.15) is 26.1 Å². The molecule has 130 valence electrons. The van der Waals surface area contributed by atoms with Crippen LogP contribution in [0.25, 0.3) is 11.5 Å². The third-order valence-corrected chi connectivity index (χ3v) is 3.50. The molecular formula is C17H22N6O2+2. The van der Waals surface area contributed by atoms with Crippen molar-refractivity contribution >= 4 is 5.97 Å². The fourth-order valence-electron chi connectivity index (χ4n) is 2.22. The molecule has 8 heteroatoms. The van der Waals surface area contributed by atoms with E-state index in [1.807, 2.05) is 50.0 Å². The molecular weight excluding hydrogens is 320 g/mol. The Hall–Kier alpha value is -3.16. The van der Waals surface area contributed by atoms with E-state index in [9.17, 15) is 4.79 Å². The summed E-state index contributed by atoms with van der Waals surface area (Å²) in [5.41, 5.74) is 1.51. The molecule has 3 aromatic heterocycles. The normalized spacial score (nSPS) is 9.96. The van der Waals surface area contributed by atoms with E-state index in [-0.39, 0.29) is 5.97 Å². The smallest absolute Gasteiger partial charge is 0.405 e. The highest BCUT2D eigenvalue weighted by Crippen LogP contribution is 2.10. The molecule has 3 aromatic rings. The first kappa shape index (κ1) is 18.2. The molecule has 0 aliphatic carbocycles. The van der Waals surface area contributed by atoms with Gasteiger partial charge in [-0.3, -0.25) is 4.98 Å². The Morgan fingerprint density at radius 2 is 1.96 bits per heavy atom. The molecule has 8 nitrogen and oxygen atoms in total. The van der Waals surface area contributed by atoms with Crippen LogP contribution >= 0.6 is 0 Å². The number of esters is 1. The fourth-order valence-corrected chi connectivity index (χ4v) is 2.22. The van der Waals surface area contributed by atoms with Gasteiger partial charge < -0.3 is 4.74 Å². The summed E-state index contributed by atoms with van der Waals surface area (Å²) < 4.78 is 10.00. The maximum absolute atomic E-state index is 11.0. The zero-order chi connectivity index (χ0) is 18.4. The molecule has 0 unspecified atom stereocenters. The predicted octanol–water partition coefficient (Wildman–Crippen LogP) is 0.308. The summed E-state index contributed by atoms with van der Waals surface area (Å²) in [6, 6.07) is 6.02. The van der Waals surface area contributed by atoms with E-state index >= 15 is 0 Å². The number of hydrogen-bond acceptors (Lipinski definition) is 5. The molecule has 3 heterocycles. The summed E-state index contributed by atoms with van der Waals surface area (Å²) in [5.74, 6) is 1.32. The van der Waals surface area contributed by atoms with Crippen molar-refractivity contribution in [2.24, 2.45) is 21.1 Å². The Kier molecular flexibility index (Phi) is 5.89. The third-order valence-electron chi connectivity index (χ3n) is 3.50. The van der Waals surface area contributed by atoms with Gasteiger partial charge in [-0.1, -0.05) is 0 Å². The molecule has 0 fully saturated rings. The monoisotopic (exact) mass is 342 g/mol. The lowest BCUT2D eigenvalue weighted by molar-refractivity contribution is -0.674. The summed E-state index contributed by atoms with van der Waals surface area (Å²) in [6.07, 6.45) is 6.75. The summed E-state index contributed by atoms with van der Waals surface area (Å²) in [5, 5.41) is 4.22. The number of hydrogen-bond donors (Lipinski definition) is 0. The van der Waals surface area contributed by atoms with E-state index in [2.05, 4.69) is 19.8 Å². The topological polar surface area (TPSA) is 77.7 Å². The molecule has 0 atom stereocenters. The molecule has 0 saturated carbocycles. The van der Waals surface area contributed by atoms with E-state index in [0.717, 1.165) is 17.3 Å². The highest BCUT2D eigenvalue weighted by atomic mass is 16.5. The van der Waals surface area contributed by atoms with Crippen molar-refractivity contribution in [2.45, 2.75) is 6.92 Å². The Morgan fingerprint density at radius 1 is 1.20 bits per heavy atom. The minimum atomic E-state index is -0.374. The van der Waals surface area contributed by atoms with Crippen LogP contribution in [-0.2, 0) is 25.9 Å². The lowest BCUT2D eigenvalue weighted by Crippen LogP contribution is -2.36. The van der Waals surface area contributed by atoms with E-state index in [1.165, 1.54) is 13.3 Å². The molecule has 0 aromatic carbocycles. The van der Waals surface area contributed by atoms with Crippen molar-refractivity contribution in [3.05, 3.63) is 54.5 Å². The van der Waals surface area contributed by atoms with E-state index in [4.69, 9.17) is 0 Å². The second-order valence-corrected chi connectivity index (χ2v) is 5.37. The number of rotatable bonds is 2. The average molecular weight is 342 g/mol. The second kappa shape index (κ2) is 8.09. The van der Waals surface area contributed by atoms with Gasteiger partial charge in [0.25, 0.3) is 0 Å². The van der Waals surface area contributed by atoms with Crippen LogP contribution in [0.2, 0.25) is 0 Å². The Bertz CT molecular complexity index is 875. The van der Waals surface area contributed by atoms with Gasteiger partial charge in [-0.15, -0.1) is 0 Å². The third kappa shape index (κ3) is 4.43. The van der Waals surface area contributed by atoms with Crippen LogP contribution in [0.15, 0.2) is 43.0 Å². The Labute approximate surface area is 146 Å². The number of aromatic nitrogens is 6. The molecule has 3 rings (SSSR count). The van der Waals surface area contributed by atoms with Gasteiger partial charge in [-0.2, -0.15) is 14.2 Å². The van der Waals surface area contributed by atoms with Crippen molar-refractivity contribution in [1.29, 1.82) is 0 Å². The molecule has 25 heavy (non-hydrogen) atoms. The number of carbonyl (C=O) groups excluding carboxylic acids is 1. The lowest BCUT2D eigenvalue weighted by atomic mass is 10.3. The van der Waals surface area contributed by atoms with Crippen LogP contribution in [-0.4, -0.2) is 32.8 Å². The minimum Gasteiger partial charge on any atom is -0.461 e. The molecule has 0 amide bonds. The van der Waals surface area contributed by atoms with E-state index in [0.29, 0.717) is 5.69 Å². The van der Waals surface area contributed by atoms with E-state index in [1.54, 1.807) is 28.7 Å². The van der Waals surface area contributed by atoms with Gasteiger partial charge in [0.05, 0.1) is 13.3 Å². The van der Waals surface area contributed by atoms with Crippen LogP contribution in [0.3, 0.4) is 0 Å². The summed E-state index contributed by atoms with van der Waals surface area (Å²) in [7, 11) is 7.00. The Balaban J connectivity index is 0.000000186. The first-order chi connectivity index (χ1) is 11.9. The standard InChI is InChI=1S/C10H13N4.C7H9N2O2/c1-8-11-10(14(3)12-8)9-6-4-5-7-13(9)2;1-9-4-3-8-5-6(9)7(10)11-2/h4-7H,1-3H3;3-5H,1-2H3/q2*+1. The second-order valence-electron chi connectivity index (χ2n) is 5.37. The van der Waals surface area contributed by atoms with E-state index < -0.39 is 0 Å². The number of carbonyl (C=O) groups is 1. The SMILES string of the molecule is COC(=O)c1cncc[n+]1C.Cc1nc(-c2cccc[n+]2C)n(C)n1. The molecule has 0 bridgehead atoms. The molecule has 0 saturated heterocycles. The first-order valence-electron chi connectivity index (χ1n) is 7.64. The molecule has 0 aliphatic rings. The van der Waals surface area contributed by atoms with Gasteiger partial charge >= 0.3 is 11.7 Å². The van der Waals surface area contributed by atoms with Crippen molar-refractivity contribution < 1.29 is 18.7 Å². The number of methoxy groups -OCH3 is 1. The summed E-state index contributed by atoms with van der Waals surface area (Å²) >= 11 is 0. The first-order valence-corrected chi connectivity index (χ1v) is 7.64. The van der Waals surface area contributed by atoms with Crippen LogP contribution in [0.5, 0.6) is 0 Å². The van der Waals surface area contributed by atoms with Gasteiger partial charge in [0, 0.05) is 19.2 Å². The molecule has 0 spiro atoms. The van der Waals surface area contributed by atoms with Gasteiger partial charge in [-0.25, -0.2) is 14.5 Å². The zero-order valence-electron chi connectivity index (χ0n) is 15.0. The number of pyridine rings is 1. The van der Waals surface area contributed by atoms with Crippen molar-refractivity contribution in [3.63, 3.8) is 0 Å². The fraction of sp³-hybridized carbons (Fsp3) is 0.294. The minimum absolute atomic E-state index is 0.374. The highest BCUT2D eigenvalue weighted by molar-refractivity contribution is 5.85. The predicted molar refractivity (Wildman–Crippen MR) is 89.1 cm³/mol. The Morgan fingerprint density at radius 3 is 2.52 bits per heavy atom. The van der Waals surface area contributed by atoms with Crippen molar-refractivity contribution in [2.75, 3.05) is 7.11 Å². The van der Waals surface area contributed by atoms with Crippen LogP contribution in [0.4, 0.5) is 0 Å². The zero-order valence-corrected chi connectivity index (χ0v) is 15.0. The van der Waals surface area contributed by atoms with Gasteiger partial charge in [-0.05, 0) is 13.0 Å². The summed E-state index contributed by atoms with van der Waals surface area (Å²) in [4.78, 5) is 19.1. The average Bonchev–Trinajstić information content (AvgIpc) is 2.94. The molecule has 0 aliphatic heterocycles. The maximum Gasteiger partial charge on any atom is 0.405 e. The maximum atomic E-state index is 11.0. The molecule has 0 N–H and O–H groups in total. The quantitative estimate of drug-likeness (QED) is 0.495. The van der Waals surface area contributed by atoms with Gasteiger partial charge in [0.15, 0.2) is 12.4 Å². The number of aryl methyl sites for hydroxylation is 4. The highest BCUT2D eigenvalue weighted by Gasteiger charge is 2.16. The molecule has 0 radical (unpaired) electrons. The van der Waals surface area contributed by atoms with Crippen molar-refractivity contribution in [1.82, 2.24) is 19.7 Å². The van der Waals surface area contributed by atoms with Crippen molar-refractivity contribution in [3.8, 4) is 11.5 Å². The largest absolute Gasteiger partial charge is 0.461 e. The van der Waals surface area contributed by atoms with Crippen LogP contribution in [0, 0.1) is 6.92 Å². The summed E-state index contributed by atoms with van der Waals surface area (Å²) in [6.45, 7) is 1.90. The number of ether oxygens (including phenoxy) is 1. The lowest BCUT2D eigenvalue weighted by Gasteiger charge is -1.97. The van der Waals surface area contributed by atoms with Crippen LogP contribution < -0.4 is 9.13 Å².